The van der Waals surface area contributed by atoms with E-state index in [1.165, 1.54) is 19.1 Å². The van der Waals surface area contributed by atoms with Gasteiger partial charge < -0.3 is 15.0 Å². The van der Waals surface area contributed by atoms with Gasteiger partial charge >= 0.3 is 7.12 Å². The Hall–Kier alpha value is -1.38. The number of rotatable bonds is 4. The van der Waals surface area contributed by atoms with Crippen molar-refractivity contribution in [3.8, 4) is 0 Å². The summed E-state index contributed by atoms with van der Waals surface area (Å²) in [5.74, 6) is -1.39. The third-order valence-corrected chi connectivity index (χ3v) is 5.37. The molecule has 0 atom stereocenters. The van der Waals surface area contributed by atoms with E-state index in [1.807, 2.05) is 27.7 Å². The average molecular weight is 369 g/mol. The van der Waals surface area contributed by atoms with Gasteiger partial charge in [0.15, 0.2) is 10.9 Å². The number of benzene rings is 1. The summed E-state index contributed by atoms with van der Waals surface area (Å²) in [5, 5.41) is -0.115. The van der Waals surface area contributed by atoms with E-state index in [4.69, 9.17) is 15.0 Å². The van der Waals surface area contributed by atoms with Gasteiger partial charge in [-0.1, -0.05) is 17.8 Å². The number of nitrogen functional groups attached to an aromatic ring is 1. The van der Waals surface area contributed by atoms with Crippen LogP contribution in [0.5, 0.6) is 0 Å². The molecular weight excluding hydrogens is 347 g/mol. The molecule has 0 unspecified atom stereocenters. The minimum Gasteiger partial charge on any atom is -0.400 e. The fraction of sp³-hybridized carbons (Fsp3) is 0.471. The topological polar surface area (TPSA) is 61.6 Å². The molecule has 4 nitrogen and oxygen atoms in total. The number of halogens is 2. The summed E-state index contributed by atoms with van der Waals surface area (Å²) in [6, 6.07) is 2.27. The van der Waals surface area contributed by atoms with Crippen LogP contribution in [0.4, 0.5) is 14.5 Å². The molecule has 1 saturated heterocycles. The van der Waals surface area contributed by atoms with Crippen LogP contribution in [0.15, 0.2) is 17.6 Å². The largest absolute Gasteiger partial charge is 0.491 e. The summed E-state index contributed by atoms with van der Waals surface area (Å²) in [5.41, 5.74) is 4.36. The normalized spacial score (nSPS) is 19.3. The highest BCUT2D eigenvalue weighted by atomic mass is 32.2. The molecule has 136 valence electrons. The number of anilines is 1. The fourth-order valence-electron chi connectivity index (χ4n) is 2.26. The maximum absolute atomic E-state index is 14.2. The van der Waals surface area contributed by atoms with Crippen LogP contribution in [-0.2, 0) is 14.1 Å². The van der Waals surface area contributed by atoms with Crippen LogP contribution in [0.1, 0.15) is 40.2 Å². The molecule has 0 bridgehead atoms. The molecule has 1 aliphatic rings. The molecule has 1 aromatic carbocycles. The van der Waals surface area contributed by atoms with Gasteiger partial charge in [0.2, 0.25) is 0 Å². The van der Waals surface area contributed by atoms with Crippen molar-refractivity contribution in [2.75, 3.05) is 11.5 Å². The number of hydrogen-bond acceptors (Lipinski definition) is 5. The Morgan fingerprint density at radius 1 is 1.24 bits per heavy atom. The Labute approximate surface area is 151 Å². The number of carbonyl (C=O) groups excluding carboxylic acids is 1. The van der Waals surface area contributed by atoms with E-state index in [-0.39, 0.29) is 22.1 Å². The van der Waals surface area contributed by atoms with Crippen molar-refractivity contribution in [3.05, 3.63) is 34.8 Å². The Bertz CT molecular complexity index is 706. The van der Waals surface area contributed by atoms with Gasteiger partial charge in [0.25, 0.3) is 0 Å². The summed E-state index contributed by atoms with van der Waals surface area (Å²) in [7, 11) is -0.808. The number of carbonyl (C=O) groups is 1. The lowest BCUT2D eigenvalue weighted by Gasteiger charge is -2.32. The minimum absolute atomic E-state index is 0.115. The van der Waals surface area contributed by atoms with Crippen molar-refractivity contribution in [2.45, 2.75) is 45.8 Å². The van der Waals surface area contributed by atoms with E-state index in [0.29, 0.717) is 5.47 Å². The van der Waals surface area contributed by atoms with E-state index in [2.05, 4.69) is 0 Å². The Morgan fingerprint density at radius 3 is 2.32 bits per heavy atom. The molecule has 8 heteroatoms. The summed E-state index contributed by atoms with van der Waals surface area (Å²) < 4.78 is 40.2. The van der Waals surface area contributed by atoms with Gasteiger partial charge in [-0.3, -0.25) is 4.79 Å². The van der Waals surface area contributed by atoms with Gasteiger partial charge in [0, 0.05) is 18.2 Å². The Balaban J connectivity index is 2.44. The molecule has 1 fully saturated rings. The van der Waals surface area contributed by atoms with Gasteiger partial charge in [-0.05, 0) is 45.3 Å². The average Bonchev–Trinajstić information content (AvgIpc) is 2.70. The first kappa shape index (κ1) is 19.9. The third-order valence-electron chi connectivity index (χ3n) is 4.48. The molecule has 0 spiro atoms. The van der Waals surface area contributed by atoms with Gasteiger partial charge in [0.1, 0.15) is 5.82 Å². The van der Waals surface area contributed by atoms with Crippen LogP contribution >= 0.6 is 11.8 Å². The standard InChI is InChI=1S/C17H22BF2NO3S/c1-10(22)25-9-11(18-23-16(2,3)17(4,5)24-18)8-12-13(19)6-7-14(21)15(12)20/h6-8H,9,21H2,1-5H3. The van der Waals surface area contributed by atoms with Crippen molar-refractivity contribution < 1.29 is 22.9 Å². The number of thioether (sulfide) groups is 1. The Kier molecular flexibility index (Phi) is 5.66. The van der Waals surface area contributed by atoms with Crippen LogP contribution < -0.4 is 5.73 Å². The highest BCUT2D eigenvalue weighted by Gasteiger charge is 2.52. The molecular formula is C17H22BF2NO3S. The zero-order chi connectivity index (χ0) is 19.0. The first-order valence-electron chi connectivity index (χ1n) is 7.87. The zero-order valence-electron chi connectivity index (χ0n) is 15.0. The van der Waals surface area contributed by atoms with E-state index >= 15 is 0 Å². The van der Waals surface area contributed by atoms with E-state index in [1.54, 1.807) is 0 Å². The maximum Gasteiger partial charge on any atom is 0.491 e. The molecule has 1 heterocycles. The molecule has 0 saturated carbocycles. The van der Waals surface area contributed by atoms with Gasteiger partial charge in [-0.25, -0.2) is 8.78 Å². The minimum atomic E-state index is -0.846. The lowest BCUT2D eigenvalue weighted by atomic mass is 9.78. The van der Waals surface area contributed by atoms with E-state index in [0.717, 1.165) is 17.8 Å². The molecule has 0 radical (unpaired) electrons. The second-order valence-corrected chi connectivity index (χ2v) is 8.10. The molecule has 2 N–H and O–H groups in total. The second kappa shape index (κ2) is 7.09. The molecule has 2 rings (SSSR count). The van der Waals surface area contributed by atoms with Crippen molar-refractivity contribution in [1.29, 1.82) is 0 Å². The van der Waals surface area contributed by atoms with Crippen LogP contribution in [0.2, 0.25) is 0 Å². The SMILES string of the molecule is CC(=O)SCC(=Cc1c(F)ccc(N)c1F)B1OC(C)(C)C(C)(C)O1. The highest BCUT2D eigenvalue weighted by molar-refractivity contribution is 8.13. The summed E-state index contributed by atoms with van der Waals surface area (Å²) in [6.45, 7) is 8.94. The maximum atomic E-state index is 14.2. The van der Waals surface area contributed by atoms with Gasteiger partial charge in [-0.2, -0.15) is 0 Å². The quantitative estimate of drug-likeness (QED) is 0.646. The van der Waals surface area contributed by atoms with Crippen LogP contribution in [0, 0.1) is 11.6 Å². The first-order chi connectivity index (χ1) is 11.4. The molecule has 0 amide bonds. The summed E-state index contributed by atoms with van der Waals surface area (Å²) >= 11 is 1.02. The predicted molar refractivity (Wildman–Crippen MR) is 98.0 cm³/mol. The molecule has 25 heavy (non-hydrogen) atoms. The van der Waals surface area contributed by atoms with Crippen molar-refractivity contribution >= 4 is 35.8 Å². The number of nitrogens with two attached hydrogens (primary N) is 1. The zero-order valence-corrected chi connectivity index (χ0v) is 15.8. The lowest BCUT2D eigenvalue weighted by molar-refractivity contribution is -0.109. The van der Waals surface area contributed by atoms with Gasteiger partial charge in [0.05, 0.1) is 16.9 Å². The third kappa shape index (κ3) is 4.24. The van der Waals surface area contributed by atoms with Crippen LogP contribution in [0.3, 0.4) is 0 Å². The van der Waals surface area contributed by atoms with E-state index in [9.17, 15) is 13.6 Å². The molecule has 1 aromatic rings. The Morgan fingerprint density at radius 2 is 1.80 bits per heavy atom. The first-order valence-corrected chi connectivity index (χ1v) is 8.86. The summed E-state index contributed by atoms with van der Waals surface area (Å²) in [4.78, 5) is 11.3. The lowest BCUT2D eigenvalue weighted by Crippen LogP contribution is -2.41. The van der Waals surface area contributed by atoms with E-state index < -0.39 is 30.0 Å². The second-order valence-electron chi connectivity index (χ2n) is 6.95. The number of hydrogen-bond donors (Lipinski definition) is 1. The predicted octanol–water partition coefficient (Wildman–Crippen LogP) is 3.84. The van der Waals surface area contributed by atoms with Crippen molar-refractivity contribution in [3.63, 3.8) is 0 Å². The van der Waals surface area contributed by atoms with Crippen LogP contribution in [-0.4, -0.2) is 29.2 Å². The molecule has 0 aliphatic carbocycles. The smallest absolute Gasteiger partial charge is 0.400 e. The molecule has 0 aromatic heterocycles. The van der Waals surface area contributed by atoms with Crippen molar-refractivity contribution in [2.24, 2.45) is 0 Å². The monoisotopic (exact) mass is 369 g/mol. The van der Waals surface area contributed by atoms with Gasteiger partial charge in [-0.15, -0.1) is 0 Å². The van der Waals surface area contributed by atoms with Crippen molar-refractivity contribution in [1.82, 2.24) is 0 Å². The van der Waals surface area contributed by atoms with Crippen LogP contribution in [0.25, 0.3) is 6.08 Å². The highest BCUT2D eigenvalue weighted by Crippen LogP contribution is 2.39. The fourth-order valence-corrected chi connectivity index (χ4v) is 2.85. The molecule has 1 aliphatic heterocycles. The summed E-state index contributed by atoms with van der Waals surface area (Å²) in [6.07, 6.45) is 1.32.